The molecule has 3 heteroatoms. The Labute approximate surface area is 105 Å². The van der Waals surface area contributed by atoms with Crippen LogP contribution in [0.2, 0.25) is 5.02 Å². The lowest BCUT2D eigenvalue weighted by Gasteiger charge is -1.95. The number of hydrogen-bond acceptors (Lipinski definition) is 2. The van der Waals surface area contributed by atoms with Crippen molar-refractivity contribution in [2.75, 3.05) is 0 Å². The fraction of sp³-hybridized carbons (Fsp3) is 0. The molecule has 2 nitrogen and oxygen atoms in total. The minimum Gasteiger partial charge on any atom is -0.263 e. The third kappa shape index (κ3) is 3.17. The Balaban J connectivity index is 2.23. The maximum Gasteiger partial charge on any atom is 0.101 e. The summed E-state index contributed by atoms with van der Waals surface area (Å²) in [7, 11) is 0. The highest BCUT2D eigenvalue weighted by molar-refractivity contribution is 6.30. The molecule has 2 aromatic rings. The van der Waals surface area contributed by atoms with Crippen LogP contribution in [-0.2, 0) is 0 Å². The minimum atomic E-state index is 0.554. The lowest BCUT2D eigenvalue weighted by atomic mass is 10.1. The Morgan fingerprint density at radius 2 is 1.94 bits per heavy atom. The lowest BCUT2D eigenvalue weighted by Crippen LogP contribution is -1.80. The quantitative estimate of drug-likeness (QED) is 0.801. The molecule has 0 atom stereocenters. The fourth-order valence-corrected chi connectivity index (χ4v) is 1.61. The van der Waals surface area contributed by atoms with Gasteiger partial charge < -0.3 is 0 Å². The first kappa shape index (κ1) is 11.4. The molecule has 0 unspecified atom stereocenters. The number of rotatable bonds is 2. The van der Waals surface area contributed by atoms with Gasteiger partial charge in [0.2, 0.25) is 0 Å². The molecule has 0 aliphatic rings. The Bertz CT molecular complexity index is 597. The van der Waals surface area contributed by atoms with Crippen molar-refractivity contribution in [2.24, 2.45) is 0 Å². The molecule has 2 rings (SSSR count). The van der Waals surface area contributed by atoms with Crippen molar-refractivity contribution in [1.82, 2.24) is 4.98 Å². The zero-order chi connectivity index (χ0) is 12.1. The van der Waals surface area contributed by atoms with Gasteiger partial charge >= 0.3 is 0 Å². The van der Waals surface area contributed by atoms with Crippen molar-refractivity contribution in [2.45, 2.75) is 0 Å². The topological polar surface area (TPSA) is 36.7 Å². The van der Waals surface area contributed by atoms with E-state index < -0.39 is 0 Å². The van der Waals surface area contributed by atoms with Crippen LogP contribution in [0.15, 0.2) is 42.7 Å². The number of hydrogen-bond donors (Lipinski definition) is 0. The van der Waals surface area contributed by atoms with Gasteiger partial charge in [-0.3, -0.25) is 4.98 Å². The van der Waals surface area contributed by atoms with Crippen LogP contribution in [-0.4, -0.2) is 4.98 Å². The first-order valence-electron chi connectivity index (χ1n) is 5.07. The summed E-state index contributed by atoms with van der Waals surface area (Å²) < 4.78 is 0. The van der Waals surface area contributed by atoms with Crippen LogP contribution >= 0.6 is 11.6 Å². The van der Waals surface area contributed by atoms with E-state index in [4.69, 9.17) is 16.9 Å². The molecule has 0 radical (unpaired) electrons. The van der Waals surface area contributed by atoms with Crippen LogP contribution in [0.5, 0.6) is 0 Å². The van der Waals surface area contributed by atoms with Gasteiger partial charge in [0.1, 0.15) is 6.07 Å². The Hall–Kier alpha value is -2.11. The van der Waals surface area contributed by atoms with Crippen molar-refractivity contribution >= 4 is 23.8 Å². The molecule has 0 fully saturated rings. The minimum absolute atomic E-state index is 0.554. The van der Waals surface area contributed by atoms with Gasteiger partial charge in [-0.25, -0.2) is 0 Å². The highest BCUT2D eigenvalue weighted by Crippen LogP contribution is 2.13. The second-order valence-corrected chi connectivity index (χ2v) is 3.94. The van der Waals surface area contributed by atoms with Gasteiger partial charge in [0.25, 0.3) is 0 Å². The van der Waals surface area contributed by atoms with Crippen molar-refractivity contribution in [1.29, 1.82) is 5.26 Å². The molecule has 0 bridgehead atoms. The number of halogens is 1. The lowest BCUT2D eigenvalue weighted by molar-refractivity contribution is 1.29. The normalized spacial score (nSPS) is 10.4. The average molecular weight is 241 g/mol. The largest absolute Gasteiger partial charge is 0.263 e. The van der Waals surface area contributed by atoms with Crippen LogP contribution < -0.4 is 0 Å². The van der Waals surface area contributed by atoms with E-state index in [0.29, 0.717) is 10.6 Å². The first-order valence-corrected chi connectivity index (χ1v) is 5.44. The van der Waals surface area contributed by atoms with Crippen LogP contribution in [0.25, 0.3) is 12.2 Å². The van der Waals surface area contributed by atoms with Crippen molar-refractivity contribution in [3.8, 4) is 6.07 Å². The summed E-state index contributed by atoms with van der Waals surface area (Å²) in [5.74, 6) is 0. The molecule has 0 aliphatic heterocycles. The smallest absolute Gasteiger partial charge is 0.101 e. The predicted octanol–water partition coefficient (Wildman–Crippen LogP) is 3.78. The van der Waals surface area contributed by atoms with E-state index >= 15 is 0 Å². The van der Waals surface area contributed by atoms with Crippen LogP contribution in [0, 0.1) is 11.3 Å². The number of benzene rings is 1. The van der Waals surface area contributed by atoms with Crippen LogP contribution in [0.1, 0.15) is 16.7 Å². The molecule has 0 saturated heterocycles. The SMILES string of the molecule is N#Cc1cncc(/C=C/c2cccc(Cl)c2)c1. The Kier molecular flexibility index (Phi) is 3.54. The first-order chi connectivity index (χ1) is 8.28. The zero-order valence-corrected chi connectivity index (χ0v) is 9.72. The molecule has 0 aliphatic carbocycles. The van der Waals surface area contributed by atoms with Gasteiger partial charge in [0, 0.05) is 17.4 Å². The van der Waals surface area contributed by atoms with E-state index in [1.165, 1.54) is 6.20 Å². The van der Waals surface area contributed by atoms with Gasteiger partial charge in [0.05, 0.1) is 5.56 Å². The summed E-state index contributed by atoms with van der Waals surface area (Å²) in [6.45, 7) is 0. The molecule has 0 saturated carbocycles. The van der Waals surface area contributed by atoms with E-state index in [1.807, 2.05) is 36.4 Å². The molecule has 1 aromatic heterocycles. The number of aromatic nitrogens is 1. The summed E-state index contributed by atoms with van der Waals surface area (Å²) >= 11 is 5.88. The maximum atomic E-state index is 8.75. The Morgan fingerprint density at radius 3 is 2.71 bits per heavy atom. The number of pyridine rings is 1. The highest BCUT2D eigenvalue weighted by Gasteiger charge is 1.93. The standard InChI is InChI=1S/C14H9ClN2/c15-14-3-1-2-11(7-14)4-5-12-6-13(8-16)10-17-9-12/h1-7,9-10H/b5-4+. The third-order valence-corrected chi connectivity index (χ3v) is 2.44. The number of nitrogens with zero attached hydrogens (tertiary/aromatic N) is 2. The second kappa shape index (κ2) is 5.29. The summed E-state index contributed by atoms with van der Waals surface area (Å²) in [5, 5.41) is 9.46. The van der Waals surface area contributed by atoms with Gasteiger partial charge in [-0.1, -0.05) is 35.9 Å². The van der Waals surface area contributed by atoms with E-state index in [1.54, 1.807) is 12.3 Å². The van der Waals surface area contributed by atoms with Gasteiger partial charge in [-0.15, -0.1) is 0 Å². The summed E-state index contributed by atoms with van der Waals surface area (Å²) in [6.07, 6.45) is 7.09. The van der Waals surface area contributed by atoms with E-state index in [9.17, 15) is 0 Å². The van der Waals surface area contributed by atoms with Crippen molar-refractivity contribution in [3.05, 3.63) is 64.4 Å². The monoisotopic (exact) mass is 240 g/mol. The van der Waals surface area contributed by atoms with E-state index in [0.717, 1.165) is 11.1 Å². The summed E-state index contributed by atoms with van der Waals surface area (Å²) in [4.78, 5) is 3.99. The zero-order valence-electron chi connectivity index (χ0n) is 8.97. The second-order valence-electron chi connectivity index (χ2n) is 3.51. The van der Waals surface area contributed by atoms with Gasteiger partial charge in [-0.2, -0.15) is 5.26 Å². The molecule has 1 aromatic carbocycles. The number of nitriles is 1. The molecule has 82 valence electrons. The highest BCUT2D eigenvalue weighted by atomic mass is 35.5. The van der Waals surface area contributed by atoms with E-state index in [-0.39, 0.29) is 0 Å². The molecular formula is C14H9ClN2. The molecule has 0 N–H and O–H groups in total. The van der Waals surface area contributed by atoms with Crippen molar-refractivity contribution in [3.63, 3.8) is 0 Å². The molecule has 17 heavy (non-hydrogen) atoms. The average Bonchev–Trinajstić information content (AvgIpc) is 2.37. The van der Waals surface area contributed by atoms with Crippen LogP contribution in [0.4, 0.5) is 0 Å². The van der Waals surface area contributed by atoms with Crippen LogP contribution in [0.3, 0.4) is 0 Å². The maximum absolute atomic E-state index is 8.75. The molecule has 0 amide bonds. The fourth-order valence-electron chi connectivity index (χ4n) is 1.41. The molecule has 0 spiro atoms. The Morgan fingerprint density at radius 1 is 1.12 bits per heavy atom. The van der Waals surface area contributed by atoms with Gasteiger partial charge in [0.15, 0.2) is 0 Å². The summed E-state index contributed by atoms with van der Waals surface area (Å²) in [5.41, 5.74) is 2.46. The van der Waals surface area contributed by atoms with Gasteiger partial charge in [-0.05, 0) is 29.3 Å². The predicted molar refractivity (Wildman–Crippen MR) is 69.3 cm³/mol. The van der Waals surface area contributed by atoms with Crippen molar-refractivity contribution < 1.29 is 0 Å². The molecular weight excluding hydrogens is 232 g/mol. The molecule has 1 heterocycles. The van der Waals surface area contributed by atoms with E-state index in [2.05, 4.69) is 11.1 Å². The summed E-state index contributed by atoms with van der Waals surface area (Å²) in [6, 6.07) is 11.4. The third-order valence-electron chi connectivity index (χ3n) is 2.21.